The molecule has 1 aromatic heterocycles. The Labute approximate surface area is 169 Å². The highest BCUT2D eigenvalue weighted by molar-refractivity contribution is 6.13. The van der Waals surface area contributed by atoms with Gasteiger partial charge in [0, 0.05) is 17.8 Å². The molecule has 30 heavy (non-hydrogen) atoms. The van der Waals surface area contributed by atoms with E-state index in [1.807, 2.05) is 0 Å². The third-order valence-corrected chi connectivity index (χ3v) is 4.39. The second-order valence-corrected chi connectivity index (χ2v) is 7.72. The topological polar surface area (TPSA) is 133 Å². The minimum Gasteiger partial charge on any atom is -0.444 e. The summed E-state index contributed by atoms with van der Waals surface area (Å²) in [7, 11) is 0. The number of carbonyl (C=O) groups excluding carboxylic acids is 2. The molecular weight excluding hydrogens is 392 g/mol. The van der Waals surface area contributed by atoms with Crippen molar-refractivity contribution in [1.82, 2.24) is 9.55 Å². The van der Waals surface area contributed by atoms with Gasteiger partial charge in [0.15, 0.2) is 5.82 Å². The number of anilines is 1. The molecule has 0 fully saturated rings. The summed E-state index contributed by atoms with van der Waals surface area (Å²) in [5, 5.41) is 13.8. The molecule has 0 atom stereocenters. The van der Waals surface area contributed by atoms with E-state index in [0.29, 0.717) is 5.69 Å². The van der Waals surface area contributed by atoms with Gasteiger partial charge in [-0.2, -0.15) is 0 Å². The number of nitro benzene ring substituents is 1. The van der Waals surface area contributed by atoms with Crippen LogP contribution in [0, 0.1) is 10.1 Å². The van der Waals surface area contributed by atoms with Gasteiger partial charge in [0.2, 0.25) is 5.78 Å². The maximum Gasteiger partial charge on any atom is 0.412 e. The summed E-state index contributed by atoms with van der Waals surface area (Å²) in [6.07, 6.45) is -0.671. The molecule has 3 aromatic rings. The number of rotatable bonds is 2. The van der Waals surface area contributed by atoms with Crippen LogP contribution in [0.3, 0.4) is 0 Å². The first-order chi connectivity index (χ1) is 14.0. The summed E-state index contributed by atoms with van der Waals surface area (Å²) in [4.78, 5) is 52.4. The second-order valence-electron chi connectivity index (χ2n) is 7.72. The van der Waals surface area contributed by atoms with E-state index >= 15 is 0 Å². The molecular formula is C20H16N4O6. The van der Waals surface area contributed by atoms with Crippen LogP contribution in [-0.4, -0.2) is 32.0 Å². The summed E-state index contributed by atoms with van der Waals surface area (Å²) in [6, 6.07) is 8.18. The van der Waals surface area contributed by atoms with Gasteiger partial charge in [0.25, 0.3) is 11.2 Å². The van der Waals surface area contributed by atoms with Crippen molar-refractivity contribution in [2.24, 2.45) is 0 Å². The number of ketones is 1. The van der Waals surface area contributed by atoms with Crippen molar-refractivity contribution >= 4 is 34.2 Å². The van der Waals surface area contributed by atoms with Crippen LogP contribution in [0.25, 0.3) is 16.6 Å². The van der Waals surface area contributed by atoms with E-state index in [4.69, 9.17) is 4.74 Å². The number of carbonyl (C=O) groups is 2. The van der Waals surface area contributed by atoms with Crippen LogP contribution in [0.1, 0.15) is 37.0 Å². The molecule has 10 heteroatoms. The molecule has 2 heterocycles. The fourth-order valence-electron chi connectivity index (χ4n) is 3.20. The molecule has 1 N–H and O–H groups in total. The number of hydrogen-bond donors (Lipinski definition) is 1. The molecule has 0 unspecified atom stereocenters. The predicted molar refractivity (Wildman–Crippen MR) is 107 cm³/mol. The number of non-ortho nitro benzene ring substituents is 1. The first kappa shape index (κ1) is 19.2. The molecule has 10 nitrogen and oxygen atoms in total. The Kier molecular flexibility index (Phi) is 4.15. The fraction of sp³-hybridized carbons (Fsp3) is 0.200. The molecule has 1 aliphatic heterocycles. The standard InChI is InChI=1S/C20H16N4O6/c1-20(2,3)30-19(27)21-10-4-6-12-14(8-10)22-17-16(25)13-9-11(24(28)29)5-7-15(13)23(17)18(12)26/h4-9H,1-3H3,(H,21,27). The zero-order valence-electron chi connectivity index (χ0n) is 16.3. The lowest BCUT2D eigenvalue weighted by molar-refractivity contribution is -0.384. The largest absolute Gasteiger partial charge is 0.444 e. The molecule has 0 bridgehead atoms. The van der Waals surface area contributed by atoms with Gasteiger partial charge in [0.1, 0.15) is 5.60 Å². The van der Waals surface area contributed by atoms with Gasteiger partial charge >= 0.3 is 6.09 Å². The average molecular weight is 408 g/mol. The van der Waals surface area contributed by atoms with Gasteiger partial charge in [-0.1, -0.05) is 0 Å². The van der Waals surface area contributed by atoms with Gasteiger partial charge in [-0.3, -0.25) is 29.6 Å². The molecule has 0 saturated carbocycles. The van der Waals surface area contributed by atoms with Crippen LogP contribution in [-0.2, 0) is 4.74 Å². The SMILES string of the molecule is CC(C)(C)OC(=O)Nc1ccc2c(=O)n3c(nc2c1)C(=O)c1cc([N+](=O)[O-])ccc1-3. The lowest BCUT2D eigenvalue weighted by Gasteiger charge is -2.19. The minimum absolute atomic E-state index is 0.0382. The van der Waals surface area contributed by atoms with Crippen LogP contribution in [0.5, 0.6) is 0 Å². The zero-order chi connectivity index (χ0) is 21.8. The van der Waals surface area contributed by atoms with E-state index in [2.05, 4.69) is 10.3 Å². The van der Waals surface area contributed by atoms with Gasteiger partial charge in [-0.05, 0) is 45.0 Å². The molecule has 0 aliphatic carbocycles. The van der Waals surface area contributed by atoms with Crippen LogP contribution >= 0.6 is 0 Å². The Hall–Kier alpha value is -4.08. The number of fused-ring (bicyclic) bond motifs is 4. The predicted octanol–water partition coefficient (Wildman–Crippen LogP) is 3.19. The first-order valence-electron chi connectivity index (χ1n) is 8.95. The lowest BCUT2D eigenvalue weighted by Crippen LogP contribution is -2.27. The summed E-state index contributed by atoms with van der Waals surface area (Å²) >= 11 is 0. The Bertz CT molecular complexity index is 1320. The maximum absolute atomic E-state index is 13.0. The van der Waals surface area contributed by atoms with Crippen molar-refractivity contribution in [3.63, 3.8) is 0 Å². The molecule has 2 aromatic carbocycles. The van der Waals surface area contributed by atoms with Crippen molar-refractivity contribution in [2.75, 3.05) is 5.32 Å². The molecule has 4 rings (SSSR count). The summed E-state index contributed by atoms with van der Waals surface area (Å²) in [6.45, 7) is 5.19. The fourth-order valence-corrected chi connectivity index (χ4v) is 3.20. The van der Waals surface area contributed by atoms with Gasteiger partial charge in [-0.25, -0.2) is 9.78 Å². The molecule has 0 saturated heterocycles. The number of benzene rings is 2. The number of aromatic nitrogens is 2. The van der Waals surface area contributed by atoms with E-state index in [9.17, 15) is 24.5 Å². The molecule has 0 radical (unpaired) electrons. The summed E-state index contributed by atoms with van der Waals surface area (Å²) in [5.74, 6) is -0.726. The first-order valence-corrected chi connectivity index (χ1v) is 8.95. The number of nitro groups is 1. The lowest BCUT2D eigenvalue weighted by atomic mass is 10.1. The zero-order valence-corrected chi connectivity index (χ0v) is 16.3. The van der Waals surface area contributed by atoms with E-state index in [-0.39, 0.29) is 33.7 Å². The highest BCUT2D eigenvalue weighted by Gasteiger charge is 2.32. The second kappa shape index (κ2) is 6.48. The third kappa shape index (κ3) is 3.17. The monoisotopic (exact) mass is 408 g/mol. The number of nitrogens with zero attached hydrogens (tertiary/aromatic N) is 3. The van der Waals surface area contributed by atoms with Gasteiger partial charge in [-0.15, -0.1) is 0 Å². The van der Waals surface area contributed by atoms with E-state index in [1.54, 1.807) is 20.8 Å². The normalized spacial score (nSPS) is 12.4. The van der Waals surface area contributed by atoms with Crippen molar-refractivity contribution in [2.45, 2.75) is 26.4 Å². The van der Waals surface area contributed by atoms with Crippen LogP contribution < -0.4 is 10.9 Å². The molecule has 1 amide bonds. The Morgan fingerprint density at radius 3 is 2.57 bits per heavy atom. The van der Waals surface area contributed by atoms with Crippen molar-refractivity contribution < 1.29 is 19.2 Å². The van der Waals surface area contributed by atoms with Crippen LogP contribution in [0.15, 0.2) is 41.2 Å². The number of hydrogen-bond acceptors (Lipinski definition) is 7. The van der Waals surface area contributed by atoms with Crippen LogP contribution in [0.2, 0.25) is 0 Å². The van der Waals surface area contributed by atoms with Crippen molar-refractivity contribution in [3.05, 3.63) is 68.3 Å². The van der Waals surface area contributed by atoms with Crippen LogP contribution in [0.4, 0.5) is 16.2 Å². The Morgan fingerprint density at radius 2 is 1.90 bits per heavy atom. The maximum atomic E-state index is 13.0. The van der Waals surface area contributed by atoms with Crippen molar-refractivity contribution in [1.29, 1.82) is 0 Å². The highest BCUT2D eigenvalue weighted by Crippen LogP contribution is 2.30. The third-order valence-electron chi connectivity index (χ3n) is 4.39. The molecule has 0 spiro atoms. The van der Waals surface area contributed by atoms with E-state index in [0.717, 1.165) is 10.6 Å². The minimum atomic E-state index is -0.681. The van der Waals surface area contributed by atoms with Crippen molar-refractivity contribution in [3.8, 4) is 5.69 Å². The molecule has 1 aliphatic rings. The Morgan fingerprint density at radius 1 is 1.17 bits per heavy atom. The quantitative estimate of drug-likeness (QED) is 0.398. The average Bonchev–Trinajstić information content (AvgIpc) is 2.92. The highest BCUT2D eigenvalue weighted by atomic mass is 16.6. The number of nitrogens with one attached hydrogen (secondary N) is 1. The Balaban J connectivity index is 1.79. The van der Waals surface area contributed by atoms with E-state index in [1.165, 1.54) is 30.3 Å². The number of ether oxygens (including phenoxy) is 1. The smallest absolute Gasteiger partial charge is 0.412 e. The van der Waals surface area contributed by atoms with Gasteiger partial charge in [0.05, 0.1) is 27.1 Å². The van der Waals surface area contributed by atoms with Gasteiger partial charge < -0.3 is 4.74 Å². The summed E-state index contributed by atoms with van der Waals surface area (Å²) < 4.78 is 6.34. The van der Waals surface area contributed by atoms with E-state index < -0.39 is 28.0 Å². The molecule has 152 valence electrons. The number of amides is 1. The summed E-state index contributed by atoms with van der Waals surface area (Å²) in [5.41, 5.74) is -0.592.